The summed E-state index contributed by atoms with van der Waals surface area (Å²) in [6.45, 7) is 9.93. The van der Waals surface area contributed by atoms with Gasteiger partial charge in [0.15, 0.2) is 5.96 Å². The van der Waals surface area contributed by atoms with Crippen LogP contribution in [0.5, 0.6) is 0 Å². The van der Waals surface area contributed by atoms with Gasteiger partial charge in [0.1, 0.15) is 0 Å². The van der Waals surface area contributed by atoms with E-state index in [1.54, 1.807) is 0 Å². The average molecular weight is 238 g/mol. The first-order chi connectivity index (χ1) is 8.03. The average Bonchev–Trinajstić information content (AvgIpc) is 2.72. The van der Waals surface area contributed by atoms with Gasteiger partial charge in [-0.25, -0.2) is 0 Å². The van der Waals surface area contributed by atoms with Crippen LogP contribution in [0.15, 0.2) is 4.99 Å². The highest BCUT2D eigenvalue weighted by molar-refractivity contribution is 5.78. The summed E-state index contributed by atoms with van der Waals surface area (Å²) in [5.74, 6) is 0.628. The van der Waals surface area contributed by atoms with Crippen molar-refractivity contribution in [2.75, 3.05) is 19.6 Å². The lowest BCUT2D eigenvalue weighted by atomic mass is 10.2. The third-order valence-corrected chi connectivity index (χ3v) is 4.21. The normalized spacial score (nSPS) is 32.8. The highest BCUT2D eigenvalue weighted by atomic mass is 15.2. The summed E-state index contributed by atoms with van der Waals surface area (Å²) >= 11 is 0. The van der Waals surface area contributed by atoms with E-state index in [0.717, 1.165) is 13.1 Å². The van der Waals surface area contributed by atoms with E-state index in [2.05, 4.69) is 36.0 Å². The Kier molecular flexibility index (Phi) is 3.61. The Morgan fingerprint density at radius 2 is 2.24 bits per heavy atom. The highest BCUT2D eigenvalue weighted by Gasteiger charge is 2.45. The van der Waals surface area contributed by atoms with Crippen LogP contribution in [0, 0.1) is 5.41 Å². The van der Waals surface area contributed by atoms with E-state index >= 15 is 0 Å². The minimum Gasteiger partial charge on any atom is -0.370 e. The summed E-state index contributed by atoms with van der Waals surface area (Å²) in [7, 11) is 0. The second-order valence-electron chi connectivity index (χ2n) is 6.04. The zero-order valence-corrected chi connectivity index (χ0v) is 11.4. The molecule has 0 aromatic rings. The standard InChI is InChI=1S/C13H26N4/c1-4-17-7-5-6-10(17)9-15-12(14)16-11-8-13(11,2)3/h10-11H,4-9H2,1-3H3,(H3,14,15,16). The van der Waals surface area contributed by atoms with Crippen LogP contribution < -0.4 is 11.1 Å². The van der Waals surface area contributed by atoms with Crippen LogP contribution in [0.25, 0.3) is 0 Å². The van der Waals surface area contributed by atoms with Gasteiger partial charge in [0.25, 0.3) is 0 Å². The molecule has 1 aliphatic heterocycles. The van der Waals surface area contributed by atoms with Gasteiger partial charge < -0.3 is 11.1 Å². The van der Waals surface area contributed by atoms with Gasteiger partial charge in [-0.15, -0.1) is 0 Å². The van der Waals surface area contributed by atoms with Crippen LogP contribution >= 0.6 is 0 Å². The molecule has 1 saturated heterocycles. The van der Waals surface area contributed by atoms with E-state index in [9.17, 15) is 0 Å². The number of hydrogen-bond acceptors (Lipinski definition) is 2. The number of nitrogens with two attached hydrogens (primary N) is 1. The van der Waals surface area contributed by atoms with Crippen LogP contribution in [0.3, 0.4) is 0 Å². The predicted octanol–water partition coefficient (Wildman–Crippen LogP) is 1.17. The van der Waals surface area contributed by atoms with Gasteiger partial charge in [0, 0.05) is 12.1 Å². The lowest BCUT2D eigenvalue weighted by molar-refractivity contribution is 0.273. The zero-order chi connectivity index (χ0) is 12.5. The Hall–Kier alpha value is -0.770. The fourth-order valence-corrected chi connectivity index (χ4v) is 2.66. The maximum atomic E-state index is 5.92. The number of hydrogen-bond donors (Lipinski definition) is 2. The van der Waals surface area contributed by atoms with Gasteiger partial charge in [-0.2, -0.15) is 0 Å². The lowest BCUT2D eigenvalue weighted by Gasteiger charge is -2.21. The predicted molar refractivity (Wildman–Crippen MR) is 72.1 cm³/mol. The topological polar surface area (TPSA) is 53.6 Å². The van der Waals surface area contributed by atoms with Crippen molar-refractivity contribution in [2.45, 2.75) is 52.1 Å². The van der Waals surface area contributed by atoms with Crippen molar-refractivity contribution in [1.29, 1.82) is 0 Å². The molecule has 2 atom stereocenters. The van der Waals surface area contributed by atoms with Gasteiger partial charge in [-0.3, -0.25) is 9.89 Å². The van der Waals surface area contributed by atoms with E-state index in [4.69, 9.17) is 5.73 Å². The summed E-state index contributed by atoms with van der Waals surface area (Å²) in [5, 5.41) is 3.31. The second kappa shape index (κ2) is 4.84. The molecular formula is C13H26N4. The Morgan fingerprint density at radius 1 is 1.53 bits per heavy atom. The van der Waals surface area contributed by atoms with Crippen LogP contribution in [-0.4, -0.2) is 42.6 Å². The van der Waals surface area contributed by atoms with Gasteiger partial charge in [0.2, 0.25) is 0 Å². The summed E-state index contributed by atoms with van der Waals surface area (Å²) in [6.07, 6.45) is 3.77. The molecule has 1 aliphatic carbocycles. The number of nitrogens with one attached hydrogen (secondary N) is 1. The maximum absolute atomic E-state index is 5.92. The number of likely N-dealkylation sites (tertiary alicyclic amines) is 1. The summed E-state index contributed by atoms with van der Waals surface area (Å²) in [5.41, 5.74) is 6.33. The smallest absolute Gasteiger partial charge is 0.188 e. The molecule has 1 saturated carbocycles. The molecule has 0 aromatic heterocycles. The van der Waals surface area contributed by atoms with Gasteiger partial charge >= 0.3 is 0 Å². The fourth-order valence-electron chi connectivity index (χ4n) is 2.66. The van der Waals surface area contributed by atoms with Crippen molar-refractivity contribution in [3.8, 4) is 0 Å². The Labute approximate surface area is 105 Å². The molecule has 0 spiro atoms. The Morgan fingerprint density at radius 3 is 2.82 bits per heavy atom. The van der Waals surface area contributed by atoms with Crippen LogP contribution in [0.4, 0.5) is 0 Å². The van der Waals surface area contributed by atoms with Crippen LogP contribution in [0.2, 0.25) is 0 Å². The highest BCUT2D eigenvalue weighted by Crippen LogP contribution is 2.44. The molecule has 98 valence electrons. The molecule has 2 aliphatic rings. The molecule has 17 heavy (non-hydrogen) atoms. The number of nitrogens with zero attached hydrogens (tertiary/aromatic N) is 2. The molecule has 2 fully saturated rings. The van der Waals surface area contributed by atoms with E-state index in [0.29, 0.717) is 23.5 Å². The summed E-state index contributed by atoms with van der Waals surface area (Å²) < 4.78 is 0. The summed E-state index contributed by atoms with van der Waals surface area (Å²) in [6, 6.07) is 1.13. The first-order valence-electron chi connectivity index (χ1n) is 6.83. The van der Waals surface area contributed by atoms with Gasteiger partial charge in [-0.1, -0.05) is 20.8 Å². The number of aliphatic imine (C=N–C) groups is 1. The second-order valence-corrected chi connectivity index (χ2v) is 6.04. The van der Waals surface area contributed by atoms with Gasteiger partial charge in [-0.05, 0) is 37.8 Å². The molecule has 0 aromatic carbocycles. The third-order valence-electron chi connectivity index (χ3n) is 4.21. The number of rotatable bonds is 4. The molecule has 4 nitrogen and oxygen atoms in total. The quantitative estimate of drug-likeness (QED) is 0.571. The van der Waals surface area contributed by atoms with E-state index < -0.39 is 0 Å². The third kappa shape index (κ3) is 3.12. The van der Waals surface area contributed by atoms with Crippen molar-refractivity contribution in [2.24, 2.45) is 16.1 Å². The SMILES string of the molecule is CCN1CCCC1CN=C(N)NC1CC1(C)C. The fraction of sp³-hybridized carbons (Fsp3) is 0.923. The van der Waals surface area contributed by atoms with Crippen molar-refractivity contribution in [3.05, 3.63) is 0 Å². The van der Waals surface area contributed by atoms with E-state index in [1.807, 2.05) is 0 Å². The van der Waals surface area contributed by atoms with Crippen molar-refractivity contribution >= 4 is 5.96 Å². The first kappa shape index (κ1) is 12.7. The largest absolute Gasteiger partial charge is 0.370 e. The zero-order valence-electron chi connectivity index (χ0n) is 11.4. The molecule has 2 unspecified atom stereocenters. The van der Waals surface area contributed by atoms with Crippen molar-refractivity contribution in [3.63, 3.8) is 0 Å². The lowest BCUT2D eigenvalue weighted by Crippen LogP contribution is -2.37. The molecular weight excluding hydrogens is 212 g/mol. The van der Waals surface area contributed by atoms with E-state index in [-0.39, 0.29) is 0 Å². The van der Waals surface area contributed by atoms with Gasteiger partial charge in [0.05, 0.1) is 6.54 Å². The Bertz CT molecular complexity index is 298. The monoisotopic (exact) mass is 238 g/mol. The number of guanidine groups is 1. The van der Waals surface area contributed by atoms with E-state index in [1.165, 1.54) is 25.8 Å². The van der Waals surface area contributed by atoms with Crippen molar-refractivity contribution < 1.29 is 0 Å². The van der Waals surface area contributed by atoms with Crippen molar-refractivity contribution in [1.82, 2.24) is 10.2 Å². The number of likely N-dealkylation sites (N-methyl/N-ethyl adjacent to an activating group) is 1. The molecule has 0 radical (unpaired) electrons. The molecule has 0 amide bonds. The molecule has 3 N–H and O–H groups in total. The minimum absolute atomic E-state index is 0.406. The summed E-state index contributed by atoms with van der Waals surface area (Å²) in [4.78, 5) is 6.99. The molecule has 4 heteroatoms. The first-order valence-corrected chi connectivity index (χ1v) is 6.83. The Balaban J connectivity index is 1.76. The van der Waals surface area contributed by atoms with Crippen LogP contribution in [0.1, 0.15) is 40.0 Å². The molecule has 0 bridgehead atoms. The molecule has 2 rings (SSSR count). The molecule has 1 heterocycles. The minimum atomic E-state index is 0.406. The maximum Gasteiger partial charge on any atom is 0.188 e. The van der Waals surface area contributed by atoms with Crippen LogP contribution in [-0.2, 0) is 0 Å².